The van der Waals surface area contributed by atoms with E-state index in [0.717, 1.165) is 54.1 Å². The van der Waals surface area contributed by atoms with E-state index in [4.69, 9.17) is 14.8 Å². The molecular formula is C26H29N5O2. The summed E-state index contributed by atoms with van der Waals surface area (Å²) in [6.45, 7) is 6.23. The van der Waals surface area contributed by atoms with Gasteiger partial charge in [0.25, 0.3) is 0 Å². The smallest absolute Gasteiger partial charge is 0.226 e. The molecular weight excluding hydrogens is 414 g/mol. The van der Waals surface area contributed by atoms with Crippen molar-refractivity contribution in [1.82, 2.24) is 14.8 Å². The van der Waals surface area contributed by atoms with Gasteiger partial charge in [0.2, 0.25) is 5.95 Å². The number of Topliss-reactive ketones (excluding diaryl/α,β-unsaturated/α-hetero) is 1. The molecule has 1 aliphatic heterocycles. The molecule has 0 spiro atoms. The van der Waals surface area contributed by atoms with E-state index in [2.05, 4.69) is 48.3 Å². The van der Waals surface area contributed by atoms with Gasteiger partial charge in [-0.25, -0.2) is 4.68 Å². The predicted octanol–water partition coefficient (Wildman–Crippen LogP) is 4.82. The number of nitrogens with zero attached hydrogens (tertiary/aromatic N) is 4. The average Bonchev–Trinajstić information content (AvgIpc) is 3.28. The van der Waals surface area contributed by atoms with E-state index >= 15 is 0 Å². The highest BCUT2D eigenvalue weighted by Crippen LogP contribution is 2.43. The summed E-state index contributed by atoms with van der Waals surface area (Å²) in [6, 6.07) is 15.8. The Hall–Kier alpha value is -3.61. The molecule has 1 N–H and O–H groups in total. The molecule has 0 fully saturated rings. The summed E-state index contributed by atoms with van der Waals surface area (Å²) in [5, 5.41) is 8.29. The van der Waals surface area contributed by atoms with Gasteiger partial charge in [0.05, 0.1) is 7.11 Å². The molecule has 1 aliphatic carbocycles. The number of aromatic nitrogens is 3. The number of carbonyl (C=O) groups excluding carboxylic acids is 1. The molecule has 5 rings (SSSR count). The van der Waals surface area contributed by atoms with Crippen molar-refractivity contribution in [2.75, 3.05) is 30.4 Å². The molecule has 3 aromatic rings. The van der Waals surface area contributed by atoms with Crippen molar-refractivity contribution in [2.24, 2.45) is 0 Å². The summed E-state index contributed by atoms with van der Waals surface area (Å²) in [6.07, 6.45) is 2.22. The van der Waals surface area contributed by atoms with Gasteiger partial charge in [0.15, 0.2) is 11.6 Å². The third-order valence-corrected chi connectivity index (χ3v) is 6.56. The summed E-state index contributed by atoms with van der Waals surface area (Å²) in [7, 11) is 1.66. The second-order valence-electron chi connectivity index (χ2n) is 8.36. The molecule has 1 unspecified atom stereocenters. The van der Waals surface area contributed by atoms with Gasteiger partial charge in [0, 0.05) is 47.6 Å². The van der Waals surface area contributed by atoms with Gasteiger partial charge in [0.1, 0.15) is 11.8 Å². The summed E-state index contributed by atoms with van der Waals surface area (Å²) in [5.41, 5.74) is 4.76. The van der Waals surface area contributed by atoms with Gasteiger partial charge in [-0.1, -0.05) is 18.2 Å². The molecule has 2 aromatic carbocycles. The van der Waals surface area contributed by atoms with Gasteiger partial charge in [-0.15, -0.1) is 5.10 Å². The minimum Gasteiger partial charge on any atom is -0.496 e. The number of hydrogen-bond acceptors (Lipinski definition) is 6. The van der Waals surface area contributed by atoms with Crippen molar-refractivity contribution in [1.29, 1.82) is 0 Å². The van der Waals surface area contributed by atoms with E-state index in [0.29, 0.717) is 18.2 Å². The molecule has 0 saturated carbocycles. The average molecular weight is 444 g/mol. The van der Waals surface area contributed by atoms with E-state index in [-0.39, 0.29) is 11.8 Å². The number of allylic oxidation sites excluding steroid dienone is 2. The highest BCUT2D eigenvalue weighted by atomic mass is 16.5. The standard InChI is InChI=1S/C26H29N5O2/c1-4-30(5-2)18-15-13-17(14-16-18)25-28-26-27-20-10-8-11-21(32)23(20)24(31(26)29-25)19-9-6-7-12-22(19)33-3/h6-7,9,12-16,24H,4-5,8,10-11H2,1-3H3,(H,27,28,29). The summed E-state index contributed by atoms with van der Waals surface area (Å²) < 4.78 is 7.50. The lowest BCUT2D eigenvalue weighted by Crippen LogP contribution is -2.31. The lowest BCUT2D eigenvalue weighted by Gasteiger charge is -2.32. The molecule has 7 nitrogen and oxygen atoms in total. The van der Waals surface area contributed by atoms with Gasteiger partial charge in [-0.2, -0.15) is 4.98 Å². The van der Waals surface area contributed by atoms with Crippen molar-refractivity contribution in [3.05, 3.63) is 65.4 Å². The number of fused-ring (bicyclic) bond motifs is 1. The monoisotopic (exact) mass is 443 g/mol. The fourth-order valence-corrected chi connectivity index (χ4v) is 4.87. The van der Waals surface area contributed by atoms with Gasteiger partial charge in [-0.05, 0) is 57.0 Å². The normalized spacial score (nSPS) is 17.3. The predicted molar refractivity (Wildman–Crippen MR) is 130 cm³/mol. The maximum atomic E-state index is 13.1. The first-order valence-corrected chi connectivity index (χ1v) is 11.6. The highest BCUT2D eigenvalue weighted by molar-refractivity contribution is 5.99. The fraction of sp³-hybridized carbons (Fsp3) is 0.346. The first-order chi connectivity index (χ1) is 16.1. The molecule has 33 heavy (non-hydrogen) atoms. The zero-order valence-electron chi connectivity index (χ0n) is 19.3. The molecule has 1 atom stereocenters. The second-order valence-corrected chi connectivity index (χ2v) is 8.36. The quantitative estimate of drug-likeness (QED) is 0.589. The van der Waals surface area contributed by atoms with Crippen LogP contribution in [0.3, 0.4) is 0 Å². The molecule has 0 radical (unpaired) electrons. The number of methoxy groups -OCH3 is 1. The maximum Gasteiger partial charge on any atom is 0.226 e. The first-order valence-electron chi connectivity index (χ1n) is 11.6. The minimum absolute atomic E-state index is 0.158. The third-order valence-electron chi connectivity index (χ3n) is 6.56. The van der Waals surface area contributed by atoms with E-state index in [1.807, 2.05) is 28.9 Å². The molecule has 1 aromatic heterocycles. The highest BCUT2D eigenvalue weighted by Gasteiger charge is 2.38. The first kappa shape index (κ1) is 21.2. The van der Waals surface area contributed by atoms with Crippen molar-refractivity contribution < 1.29 is 9.53 Å². The summed E-state index contributed by atoms with van der Waals surface area (Å²) >= 11 is 0. The fourth-order valence-electron chi connectivity index (χ4n) is 4.87. The number of ketones is 1. The number of nitrogens with one attached hydrogen (secondary N) is 1. The van der Waals surface area contributed by atoms with Crippen LogP contribution in [0.1, 0.15) is 44.7 Å². The van der Waals surface area contributed by atoms with Gasteiger partial charge < -0.3 is 15.0 Å². The van der Waals surface area contributed by atoms with Crippen LogP contribution >= 0.6 is 0 Å². The van der Waals surface area contributed by atoms with E-state index < -0.39 is 0 Å². The number of anilines is 2. The SMILES string of the molecule is CCN(CC)c1ccc(-c2nc3n(n2)C(c2ccccc2OC)C2=C(CCCC2=O)N3)cc1. The van der Waals surface area contributed by atoms with Crippen LogP contribution in [0.2, 0.25) is 0 Å². The number of para-hydroxylation sites is 1. The molecule has 0 bridgehead atoms. The maximum absolute atomic E-state index is 13.1. The summed E-state index contributed by atoms with van der Waals surface area (Å²) in [5.74, 6) is 2.19. The Morgan fingerprint density at radius 2 is 1.85 bits per heavy atom. The van der Waals surface area contributed by atoms with Crippen molar-refractivity contribution in [3.8, 4) is 17.1 Å². The van der Waals surface area contributed by atoms with Crippen molar-refractivity contribution in [3.63, 3.8) is 0 Å². The second kappa shape index (κ2) is 8.73. The number of hydrogen-bond donors (Lipinski definition) is 1. The topological polar surface area (TPSA) is 72.3 Å². The van der Waals surface area contributed by atoms with Crippen molar-refractivity contribution in [2.45, 2.75) is 39.2 Å². The van der Waals surface area contributed by atoms with E-state index in [9.17, 15) is 4.79 Å². The molecule has 7 heteroatoms. The van der Waals surface area contributed by atoms with Gasteiger partial charge in [-0.3, -0.25) is 4.79 Å². The Morgan fingerprint density at radius 1 is 1.09 bits per heavy atom. The largest absolute Gasteiger partial charge is 0.496 e. The zero-order valence-corrected chi connectivity index (χ0v) is 19.3. The van der Waals surface area contributed by atoms with E-state index in [1.54, 1.807) is 7.11 Å². The summed E-state index contributed by atoms with van der Waals surface area (Å²) in [4.78, 5) is 20.2. The molecule has 2 aliphatic rings. The molecule has 170 valence electrons. The lowest BCUT2D eigenvalue weighted by molar-refractivity contribution is -0.116. The number of benzene rings is 2. The Morgan fingerprint density at radius 3 is 2.58 bits per heavy atom. The number of carbonyl (C=O) groups is 1. The molecule has 0 saturated heterocycles. The molecule has 0 amide bonds. The number of rotatable bonds is 6. The minimum atomic E-state index is -0.364. The van der Waals surface area contributed by atoms with Crippen LogP contribution in [0.4, 0.5) is 11.6 Å². The lowest BCUT2D eigenvalue weighted by atomic mass is 9.85. The Kier molecular flexibility index (Phi) is 5.62. The van der Waals surface area contributed by atoms with E-state index in [1.165, 1.54) is 5.69 Å². The number of ether oxygens (including phenoxy) is 1. The third kappa shape index (κ3) is 3.67. The van der Waals surface area contributed by atoms with Crippen LogP contribution < -0.4 is 15.0 Å². The zero-order chi connectivity index (χ0) is 22.9. The van der Waals surface area contributed by atoms with Crippen LogP contribution in [-0.4, -0.2) is 40.7 Å². The van der Waals surface area contributed by atoms with Crippen LogP contribution in [0.25, 0.3) is 11.4 Å². The molecule has 2 heterocycles. The van der Waals surface area contributed by atoms with Crippen LogP contribution in [0.5, 0.6) is 5.75 Å². The Balaban J connectivity index is 1.60. The van der Waals surface area contributed by atoms with Crippen LogP contribution in [0.15, 0.2) is 59.8 Å². The van der Waals surface area contributed by atoms with Crippen LogP contribution in [0, 0.1) is 0 Å². The Bertz CT molecular complexity index is 1210. The van der Waals surface area contributed by atoms with Crippen LogP contribution in [-0.2, 0) is 4.79 Å². The Labute approximate surface area is 194 Å². The van der Waals surface area contributed by atoms with Crippen molar-refractivity contribution >= 4 is 17.4 Å². The van der Waals surface area contributed by atoms with Gasteiger partial charge >= 0.3 is 0 Å².